The van der Waals surface area contributed by atoms with Crippen LogP contribution in [0.1, 0.15) is 25.0 Å². The topological polar surface area (TPSA) is 15.3 Å². The fourth-order valence-corrected chi connectivity index (χ4v) is 2.32. The molecule has 2 rings (SSSR count). The smallest absolute Gasteiger partial charge is 0.0438 e. The molecule has 2 nitrogen and oxygen atoms in total. The van der Waals surface area contributed by atoms with Crippen LogP contribution in [-0.2, 0) is 6.54 Å². The molecule has 0 fully saturated rings. The zero-order chi connectivity index (χ0) is 14.5. The van der Waals surface area contributed by atoms with Gasteiger partial charge in [0.05, 0.1) is 0 Å². The molecule has 0 aromatic heterocycles. The molecule has 0 radical (unpaired) electrons. The molecule has 0 unspecified atom stereocenters. The van der Waals surface area contributed by atoms with Crippen LogP contribution in [0, 0.1) is 6.92 Å². The van der Waals surface area contributed by atoms with Gasteiger partial charge in [0.2, 0.25) is 0 Å². The van der Waals surface area contributed by atoms with Crippen molar-refractivity contribution in [3.63, 3.8) is 0 Å². The van der Waals surface area contributed by atoms with Crippen LogP contribution in [-0.4, -0.2) is 13.1 Å². The van der Waals surface area contributed by atoms with Crippen LogP contribution in [0.2, 0.25) is 0 Å². The lowest BCUT2D eigenvalue weighted by atomic mass is 10.1. The molecule has 0 aliphatic rings. The number of nitrogens with one attached hydrogen (secondary N) is 1. The minimum absolute atomic E-state index is 0.516. The van der Waals surface area contributed by atoms with Crippen molar-refractivity contribution in [3.8, 4) is 0 Å². The van der Waals surface area contributed by atoms with E-state index in [-0.39, 0.29) is 0 Å². The first kappa shape index (κ1) is 14.6. The van der Waals surface area contributed by atoms with Crippen molar-refractivity contribution >= 4 is 11.4 Å². The zero-order valence-electron chi connectivity index (χ0n) is 12.9. The third kappa shape index (κ3) is 3.61. The van der Waals surface area contributed by atoms with Gasteiger partial charge < -0.3 is 10.2 Å². The highest BCUT2D eigenvalue weighted by atomic mass is 15.1. The fraction of sp³-hybridized carbons (Fsp3) is 0.333. The van der Waals surface area contributed by atoms with E-state index in [1.54, 1.807) is 0 Å². The van der Waals surface area contributed by atoms with Crippen molar-refractivity contribution in [2.24, 2.45) is 0 Å². The molecule has 0 aliphatic carbocycles. The average molecular weight is 268 g/mol. The maximum Gasteiger partial charge on any atom is 0.0438 e. The molecule has 0 aliphatic heterocycles. The molecule has 0 atom stereocenters. The number of rotatable bonds is 5. The second-order valence-corrected chi connectivity index (χ2v) is 5.55. The predicted octanol–water partition coefficient (Wildman–Crippen LogP) is 4.26. The van der Waals surface area contributed by atoms with Gasteiger partial charge in [-0.05, 0) is 36.2 Å². The summed E-state index contributed by atoms with van der Waals surface area (Å²) in [5.41, 5.74) is 5.11. The number of anilines is 2. The molecule has 1 N–H and O–H groups in total. The molecular formula is C18H24N2. The number of hydrogen-bond acceptors (Lipinski definition) is 2. The summed E-state index contributed by atoms with van der Waals surface area (Å²) >= 11 is 0. The van der Waals surface area contributed by atoms with E-state index < -0.39 is 0 Å². The predicted molar refractivity (Wildman–Crippen MR) is 87.7 cm³/mol. The van der Waals surface area contributed by atoms with E-state index in [0.717, 1.165) is 6.54 Å². The van der Waals surface area contributed by atoms with E-state index in [2.05, 4.69) is 80.5 Å². The lowest BCUT2D eigenvalue weighted by molar-refractivity contribution is 0.588. The molecule has 2 heteroatoms. The van der Waals surface area contributed by atoms with E-state index >= 15 is 0 Å². The van der Waals surface area contributed by atoms with Gasteiger partial charge in [-0.1, -0.05) is 44.2 Å². The third-order valence-electron chi connectivity index (χ3n) is 3.48. The highest BCUT2D eigenvalue weighted by Gasteiger charge is 2.07. The molecule has 106 valence electrons. The normalized spacial score (nSPS) is 10.8. The van der Waals surface area contributed by atoms with E-state index in [1.807, 2.05) is 6.07 Å². The van der Waals surface area contributed by atoms with Gasteiger partial charge in [0.15, 0.2) is 0 Å². The van der Waals surface area contributed by atoms with Gasteiger partial charge in [-0.3, -0.25) is 0 Å². The largest absolute Gasteiger partial charge is 0.344 e. The van der Waals surface area contributed by atoms with Gasteiger partial charge in [0.1, 0.15) is 0 Å². The molecule has 2 aromatic carbocycles. The summed E-state index contributed by atoms with van der Waals surface area (Å²) in [5, 5.41) is 3.46. The Morgan fingerprint density at radius 1 is 1.05 bits per heavy atom. The first-order valence-corrected chi connectivity index (χ1v) is 7.19. The number of hydrogen-bond donors (Lipinski definition) is 1. The van der Waals surface area contributed by atoms with E-state index in [4.69, 9.17) is 0 Å². The quantitative estimate of drug-likeness (QED) is 0.871. The molecule has 0 bridgehead atoms. The van der Waals surface area contributed by atoms with Crippen molar-refractivity contribution < 1.29 is 0 Å². The van der Waals surface area contributed by atoms with Gasteiger partial charge in [-0.25, -0.2) is 0 Å². The van der Waals surface area contributed by atoms with E-state index in [0.29, 0.717) is 6.04 Å². The first-order valence-electron chi connectivity index (χ1n) is 7.19. The van der Waals surface area contributed by atoms with Gasteiger partial charge >= 0.3 is 0 Å². The summed E-state index contributed by atoms with van der Waals surface area (Å²) in [7, 11) is 2.11. The number of benzene rings is 2. The van der Waals surface area contributed by atoms with Gasteiger partial charge in [0.25, 0.3) is 0 Å². The SMILES string of the molecule is Cc1cc(CNC(C)C)ccc1N(C)c1ccccc1. The minimum Gasteiger partial charge on any atom is -0.344 e. The van der Waals surface area contributed by atoms with Crippen molar-refractivity contribution in [1.29, 1.82) is 0 Å². The maximum atomic E-state index is 3.46. The molecule has 0 spiro atoms. The highest BCUT2D eigenvalue weighted by Crippen LogP contribution is 2.27. The Hall–Kier alpha value is -1.80. The van der Waals surface area contributed by atoms with Crippen molar-refractivity contribution in [3.05, 3.63) is 59.7 Å². The monoisotopic (exact) mass is 268 g/mol. The lowest BCUT2D eigenvalue weighted by Crippen LogP contribution is -2.22. The van der Waals surface area contributed by atoms with Crippen LogP contribution >= 0.6 is 0 Å². The Morgan fingerprint density at radius 3 is 2.35 bits per heavy atom. The average Bonchev–Trinajstić information content (AvgIpc) is 2.45. The van der Waals surface area contributed by atoms with Gasteiger partial charge in [-0.2, -0.15) is 0 Å². The van der Waals surface area contributed by atoms with E-state index in [9.17, 15) is 0 Å². The molecule has 0 amide bonds. The maximum absolute atomic E-state index is 3.46. The molecule has 0 saturated heterocycles. The number of para-hydroxylation sites is 1. The number of aryl methyl sites for hydroxylation is 1. The summed E-state index contributed by atoms with van der Waals surface area (Å²) in [6, 6.07) is 17.7. The molecular weight excluding hydrogens is 244 g/mol. The Morgan fingerprint density at radius 2 is 1.75 bits per heavy atom. The van der Waals surface area contributed by atoms with Crippen LogP contribution in [0.5, 0.6) is 0 Å². The van der Waals surface area contributed by atoms with Crippen molar-refractivity contribution in [1.82, 2.24) is 5.32 Å². The van der Waals surface area contributed by atoms with Crippen molar-refractivity contribution in [2.75, 3.05) is 11.9 Å². The summed E-state index contributed by atoms with van der Waals surface area (Å²) < 4.78 is 0. The standard InChI is InChI=1S/C18H24N2/c1-14(2)19-13-16-10-11-18(15(3)12-16)20(4)17-8-6-5-7-9-17/h5-12,14,19H,13H2,1-4H3. The zero-order valence-corrected chi connectivity index (χ0v) is 12.9. The van der Waals surface area contributed by atoms with Crippen LogP contribution < -0.4 is 10.2 Å². The van der Waals surface area contributed by atoms with Gasteiger partial charge in [-0.15, -0.1) is 0 Å². The van der Waals surface area contributed by atoms with Crippen LogP contribution in [0.3, 0.4) is 0 Å². The Balaban J connectivity index is 2.17. The van der Waals surface area contributed by atoms with Gasteiger partial charge in [0, 0.05) is 31.0 Å². The summed E-state index contributed by atoms with van der Waals surface area (Å²) in [4.78, 5) is 2.23. The molecule has 0 heterocycles. The minimum atomic E-state index is 0.516. The first-order chi connectivity index (χ1) is 9.58. The lowest BCUT2D eigenvalue weighted by Gasteiger charge is -2.22. The molecule has 0 saturated carbocycles. The number of nitrogens with zero attached hydrogens (tertiary/aromatic N) is 1. The Kier molecular flexibility index (Phi) is 4.80. The summed E-state index contributed by atoms with van der Waals surface area (Å²) in [5.74, 6) is 0. The summed E-state index contributed by atoms with van der Waals surface area (Å²) in [6.07, 6.45) is 0. The van der Waals surface area contributed by atoms with Crippen LogP contribution in [0.4, 0.5) is 11.4 Å². The van der Waals surface area contributed by atoms with Crippen molar-refractivity contribution in [2.45, 2.75) is 33.4 Å². The third-order valence-corrected chi connectivity index (χ3v) is 3.48. The second-order valence-electron chi connectivity index (χ2n) is 5.55. The Labute approximate surface area is 122 Å². The van der Waals surface area contributed by atoms with Crippen LogP contribution in [0.15, 0.2) is 48.5 Å². The van der Waals surface area contributed by atoms with E-state index in [1.165, 1.54) is 22.5 Å². The Bertz CT molecular complexity index is 547. The molecule has 20 heavy (non-hydrogen) atoms. The van der Waals surface area contributed by atoms with Crippen LogP contribution in [0.25, 0.3) is 0 Å². The fourth-order valence-electron chi connectivity index (χ4n) is 2.32. The molecule has 2 aromatic rings. The highest BCUT2D eigenvalue weighted by molar-refractivity contribution is 5.65. The second kappa shape index (κ2) is 6.58. The summed E-state index contributed by atoms with van der Waals surface area (Å²) in [6.45, 7) is 7.44.